The lowest BCUT2D eigenvalue weighted by atomic mass is 9.48. The van der Waals surface area contributed by atoms with Gasteiger partial charge < -0.3 is 3.56 Å². The van der Waals surface area contributed by atoms with Gasteiger partial charge in [-0.25, -0.2) is 0 Å². The SMILES string of the molecule is [N-]=IC1(I=N)c2cc(-c3cc4cc(C56CC7CC8CC(C5)C8(C7)C6)cc5ccc6cc(C78CC9CC(CC(C9)C7)C8)cc3c6c54)ccc2-c2ccc(-c3cc4cc(C56CC7CC(CC(C7)C5)C6)cc5ccc6cc(C78CC9CC%10CC(C7)C%10(C9)C8)cc3c6c54)cc21. The number of hydrogen-bond donors (Lipinski definition) is 1. The van der Waals surface area contributed by atoms with Crippen LogP contribution in [0.2, 0.25) is 0 Å². The molecule has 17 aliphatic carbocycles. The monoisotopic (exact) mass is 1410 g/mol. The molecule has 10 aromatic rings. The third kappa shape index (κ3) is 6.19. The maximum Gasteiger partial charge on any atom is 0.111 e. The van der Waals surface area contributed by atoms with Gasteiger partial charge in [0.2, 0.25) is 0 Å². The molecular formula is C87H81I2N2-. The number of hydrogen-bond acceptors (Lipinski definition) is 1. The Hall–Kier alpha value is -4.66. The third-order valence-corrected chi connectivity index (χ3v) is 39.0. The van der Waals surface area contributed by atoms with Gasteiger partial charge in [0.05, 0.1) is 0 Å². The number of benzene rings is 10. The van der Waals surface area contributed by atoms with Gasteiger partial charge in [0.25, 0.3) is 0 Å². The lowest BCUT2D eigenvalue weighted by Crippen LogP contribution is -2.48. The van der Waals surface area contributed by atoms with Gasteiger partial charge in [0, 0.05) is 21.0 Å². The average Bonchev–Trinajstić information content (AvgIpc) is 1.54. The van der Waals surface area contributed by atoms with Crippen LogP contribution >= 0.6 is 42.1 Å². The summed E-state index contributed by atoms with van der Waals surface area (Å²) in [4.78, 5) is 0. The first-order valence-electron chi connectivity index (χ1n) is 36.9. The van der Waals surface area contributed by atoms with E-state index in [9.17, 15) is 7.12 Å². The summed E-state index contributed by atoms with van der Waals surface area (Å²) in [5.74, 6) is 11.0. The highest BCUT2D eigenvalue weighted by molar-refractivity contribution is 14.2. The Morgan fingerprint density at radius 2 is 0.692 bits per heavy atom. The standard InChI is InChI=1S/C87H81I2N2/c90-88-87(89-91)75-25-53(71-24-60-22-62(83-37-51-15-65-27-67(41-83)85(65,39-51)43-83)18-56-2-3-57-19-63(29-73(71)79(57)78(56)60)82-34-48-12-49(35-82)14-50(13-48)36-82)5-7-69(75)70-8-6-54(26-76(70)87)72-23-59-21-61(81-31-45-9-46(32-81)11-47(10-45)33-81)17-55-1-4-58-20-64(30-74(72)80(58)77(55)59)84-38-52-16-66-28-68(42-84)86(66,40-52)44-84/h1-8,17-26,29-30,45-52,65-68,90H,9-16,27-28,31-44H2/q-1. The zero-order valence-electron chi connectivity index (χ0n) is 52.6. The number of halogens is 2. The normalized spacial score (nSPS) is 42.2. The Bertz CT molecular complexity index is 5000. The predicted octanol–water partition coefficient (Wildman–Crippen LogP) is 24.3. The molecule has 4 heteroatoms. The molecule has 1 N–H and O–H groups in total. The number of nitrogens with one attached hydrogen (secondary N) is 1. The first-order chi connectivity index (χ1) is 44.5. The molecule has 2 nitrogen and oxygen atoms in total. The average molecular weight is 1410 g/mol. The second-order valence-corrected chi connectivity index (χ2v) is 42.9. The summed E-state index contributed by atoms with van der Waals surface area (Å²) in [7, 11) is 0. The minimum atomic E-state index is -1.40. The summed E-state index contributed by atoms with van der Waals surface area (Å²) < 4.78 is 21.9. The third-order valence-electron chi connectivity index (χ3n) is 32.6. The van der Waals surface area contributed by atoms with E-state index in [1.807, 2.05) is 0 Å². The van der Waals surface area contributed by atoms with Crippen molar-refractivity contribution in [1.82, 2.24) is 0 Å². The summed E-state index contributed by atoms with van der Waals surface area (Å²) in [6.07, 6.45) is 34.5. The molecule has 91 heavy (non-hydrogen) atoms. The van der Waals surface area contributed by atoms with E-state index >= 15 is 0 Å². The lowest BCUT2D eigenvalue weighted by molar-refractivity contribution is -0.00520. The van der Waals surface area contributed by atoms with Gasteiger partial charge in [-0.2, -0.15) is 0 Å². The molecule has 0 aliphatic heterocycles. The van der Waals surface area contributed by atoms with E-state index in [0.29, 0.717) is 21.7 Å². The van der Waals surface area contributed by atoms with Gasteiger partial charge in [-0.3, -0.25) is 24.6 Å². The molecule has 11 atom stereocenters. The first kappa shape index (κ1) is 51.6. The molecule has 27 rings (SSSR count). The largest absolute Gasteiger partial charge is 0.773 e. The van der Waals surface area contributed by atoms with Crippen LogP contribution in [0.3, 0.4) is 0 Å². The molecule has 11 unspecified atom stereocenters. The molecule has 17 aliphatic rings. The second-order valence-electron chi connectivity index (χ2n) is 36.6. The van der Waals surface area contributed by atoms with Crippen molar-refractivity contribution >= 4 is 107 Å². The number of alkyl halides is 2. The minimum Gasteiger partial charge on any atom is -0.773 e. The van der Waals surface area contributed by atoms with Crippen molar-refractivity contribution in [2.45, 2.75) is 177 Å². The number of rotatable bonds is 8. The minimum absolute atomic E-state index is 0.284. The van der Waals surface area contributed by atoms with Crippen molar-refractivity contribution < 1.29 is 0 Å². The van der Waals surface area contributed by atoms with Crippen LogP contribution in [-0.4, -0.2) is 0 Å². The molecule has 0 radical (unpaired) electrons. The lowest BCUT2D eigenvalue weighted by Gasteiger charge is -2.57. The van der Waals surface area contributed by atoms with E-state index in [0.717, 1.165) is 71.0 Å². The molecule has 454 valence electrons. The zero-order chi connectivity index (χ0) is 58.8. The molecule has 2 spiro atoms. The van der Waals surface area contributed by atoms with E-state index in [1.54, 1.807) is 22.3 Å². The highest BCUT2D eigenvalue weighted by Gasteiger charge is 2.72. The summed E-state index contributed by atoms with van der Waals surface area (Å²) in [5.41, 5.74) is 19.3. The summed E-state index contributed by atoms with van der Waals surface area (Å²) in [6, 6.07) is 52.3. The van der Waals surface area contributed by atoms with Crippen LogP contribution in [0, 0.1) is 85.4 Å². The molecule has 0 heterocycles. The van der Waals surface area contributed by atoms with E-state index in [-0.39, 0.29) is 10.8 Å². The van der Waals surface area contributed by atoms with Crippen molar-refractivity contribution in [3.05, 3.63) is 158 Å². The zero-order valence-corrected chi connectivity index (χ0v) is 57.0. The van der Waals surface area contributed by atoms with Gasteiger partial charge in [0.15, 0.2) is 0 Å². The smallest absolute Gasteiger partial charge is 0.111 e. The summed E-state index contributed by atoms with van der Waals surface area (Å²) in [5, 5.41) is 17.4. The maximum absolute atomic E-state index is 12.5. The molecule has 16 saturated carbocycles. The fraction of sp³-hybridized carbons (Fsp3) is 0.494. The number of fused-ring (bicyclic) bond motifs is 7. The van der Waals surface area contributed by atoms with Gasteiger partial charge in [-0.15, -0.1) is 0 Å². The van der Waals surface area contributed by atoms with Crippen LogP contribution in [0.1, 0.15) is 187 Å². The molecule has 0 amide bonds. The van der Waals surface area contributed by atoms with Gasteiger partial charge in [-0.1, -0.05) is 84.9 Å². The van der Waals surface area contributed by atoms with Crippen molar-refractivity contribution in [2.24, 2.45) is 81.8 Å². The molecule has 14 bridgehead atoms. The fourth-order valence-electron chi connectivity index (χ4n) is 30.6. The molecule has 10 aromatic carbocycles. The van der Waals surface area contributed by atoms with E-state index in [4.69, 9.17) is 0 Å². The quantitative estimate of drug-likeness (QED) is 0.0895. The van der Waals surface area contributed by atoms with E-state index in [2.05, 4.69) is 121 Å². The van der Waals surface area contributed by atoms with Crippen LogP contribution in [0.15, 0.2) is 121 Å². The second kappa shape index (κ2) is 16.6. The van der Waals surface area contributed by atoms with Crippen molar-refractivity contribution in [3.63, 3.8) is 0 Å². The van der Waals surface area contributed by atoms with Gasteiger partial charge in [-0.05, 0) is 425 Å². The Morgan fingerprint density at radius 3 is 1.11 bits per heavy atom. The van der Waals surface area contributed by atoms with Crippen LogP contribution in [-0.2, 0) is 23.1 Å². The van der Waals surface area contributed by atoms with Crippen LogP contribution in [0.25, 0.3) is 102 Å². The molecular weight excluding hydrogens is 1330 g/mol. The fourth-order valence-corrected chi connectivity index (χ4v) is 34.2. The van der Waals surface area contributed by atoms with Crippen molar-refractivity contribution in [3.8, 4) is 33.4 Å². The first-order valence-corrected chi connectivity index (χ1v) is 41.1. The highest BCUT2D eigenvalue weighted by Crippen LogP contribution is 2.81. The molecule has 0 aromatic heterocycles. The summed E-state index contributed by atoms with van der Waals surface area (Å²) in [6.45, 7) is 0. The number of nitrogens with zero attached hydrogens (tertiary/aromatic N) is 1. The Labute approximate surface area is 556 Å². The predicted molar refractivity (Wildman–Crippen MR) is 389 cm³/mol. The van der Waals surface area contributed by atoms with E-state index < -0.39 is 43.5 Å². The van der Waals surface area contributed by atoms with Gasteiger partial charge >= 0.3 is 0 Å². The highest BCUT2D eigenvalue weighted by atomic mass is 127. The van der Waals surface area contributed by atoms with Gasteiger partial charge in [0.1, 0.15) is 1.43 Å². The Kier molecular flexibility index (Phi) is 9.41. The van der Waals surface area contributed by atoms with Crippen molar-refractivity contribution in [2.75, 3.05) is 0 Å². The van der Waals surface area contributed by atoms with Crippen LogP contribution < -0.4 is 0 Å². The van der Waals surface area contributed by atoms with Crippen LogP contribution in [0.4, 0.5) is 0 Å². The maximum atomic E-state index is 12.5. The molecule has 16 fully saturated rings. The topological polar surface area (TPSA) is 46.2 Å². The Balaban J connectivity index is 0.676. The molecule has 0 saturated heterocycles. The van der Waals surface area contributed by atoms with E-state index in [1.165, 1.54) is 263 Å². The summed E-state index contributed by atoms with van der Waals surface area (Å²) >= 11 is -2.61. The van der Waals surface area contributed by atoms with Crippen molar-refractivity contribution in [1.29, 1.82) is 3.56 Å². The Morgan fingerprint density at radius 1 is 0.319 bits per heavy atom. The van der Waals surface area contributed by atoms with Crippen LogP contribution in [0.5, 0.6) is 0 Å².